The highest BCUT2D eigenvalue weighted by atomic mass is 16.6. The topological polar surface area (TPSA) is 141 Å². The molecule has 0 amide bonds. The van der Waals surface area contributed by atoms with E-state index in [0.29, 0.717) is 24.5 Å². The zero-order valence-corrected chi connectivity index (χ0v) is 18.9. The van der Waals surface area contributed by atoms with Gasteiger partial charge in [0.05, 0.1) is 6.54 Å². The molecular weight excluding hydrogens is 410 g/mol. The largest absolute Gasteiger partial charge is 0.492 e. The van der Waals surface area contributed by atoms with Gasteiger partial charge in [-0.25, -0.2) is 9.59 Å². The highest BCUT2D eigenvalue weighted by Crippen LogP contribution is 2.21. The van der Waals surface area contributed by atoms with Gasteiger partial charge in [0.25, 0.3) is 5.60 Å². The lowest BCUT2D eigenvalue weighted by Gasteiger charge is -2.23. The van der Waals surface area contributed by atoms with Gasteiger partial charge in [-0.2, -0.15) is 0 Å². The quantitative estimate of drug-likeness (QED) is 0.261. The molecule has 0 bridgehead atoms. The minimum absolute atomic E-state index is 0.0725. The molecule has 176 valence electrons. The fourth-order valence-corrected chi connectivity index (χ4v) is 2.29. The van der Waals surface area contributed by atoms with Crippen molar-refractivity contribution in [2.75, 3.05) is 41.0 Å². The number of aliphatic carboxylic acids is 2. The molecule has 0 aliphatic carbocycles. The first-order valence-corrected chi connectivity index (χ1v) is 9.48. The summed E-state index contributed by atoms with van der Waals surface area (Å²) < 4.78 is 19.7. The van der Waals surface area contributed by atoms with E-state index in [2.05, 4.69) is 10.1 Å². The molecule has 0 unspecified atom stereocenters. The van der Waals surface area contributed by atoms with Gasteiger partial charge in [-0.15, -0.1) is 0 Å². The standard InChI is InChI=1S/C19H27NO8.C2H6O/c1-18(2,3)28-15(21)12-20-9-10-27-14-7-5-13(6-8-14)11-19(26-4,16(22)23)17(24)25;1-3-2/h5-8,20H,9-12H2,1-4H3,(H,22,23)(H,24,25);1-2H3. The molecule has 3 N–H and O–H groups in total. The average Bonchev–Trinajstić information content (AvgIpc) is 2.65. The minimum atomic E-state index is -2.34. The SMILES string of the molecule is COC.COC(Cc1ccc(OCCNCC(=O)OC(C)(C)C)cc1)(C(=O)O)C(=O)O. The molecule has 0 heterocycles. The number of benzene rings is 1. The summed E-state index contributed by atoms with van der Waals surface area (Å²) in [6, 6.07) is 6.35. The Morgan fingerprint density at radius 3 is 1.90 bits per heavy atom. The Morgan fingerprint density at radius 1 is 0.968 bits per heavy atom. The fraction of sp³-hybridized carbons (Fsp3) is 0.571. The lowest BCUT2D eigenvalue weighted by molar-refractivity contribution is -0.179. The van der Waals surface area contributed by atoms with Gasteiger partial charge in [0.1, 0.15) is 18.0 Å². The van der Waals surface area contributed by atoms with Crippen LogP contribution in [0.3, 0.4) is 0 Å². The first-order valence-electron chi connectivity index (χ1n) is 9.48. The van der Waals surface area contributed by atoms with Gasteiger partial charge < -0.3 is 34.5 Å². The van der Waals surface area contributed by atoms with Crippen LogP contribution >= 0.6 is 0 Å². The van der Waals surface area contributed by atoms with Crippen LogP contribution in [0.25, 0.3) is 0 Å². The van der Waals surface area contributed by atoms with E-state index >= 15 is 0 Å². The Kier molecular flexibility index (Phi) is 12.4. The van der Waals surface area contributed by atoms with Crippen molar-refractivity contribution in [2.45, 2.75) is 38.4 Å². The van der Waals surface area contributed by atoms with Gasteiger partial charge in [-0.05, 0) is 38.5 Å². The molecular formula is C21H33NO9. The van der Waals surface area contributed by atoms with E-state index in [1.54, 1.807) is 59.3 Å². The molecule has 1 aromatic carbocycles. The molecule has 0 aliphatic heterocycles. The van der Waals surface area contributed by atoms with E-state index in [4.69, 9.17) is 14.2 Å². The Hall–Kier alpha value is -2.69. The maximum Gasteiger partial charge on any atom is 0.348 e. The van der Waals surface area contributed by atoms with E-state index < -0.39 is 23.1 Å². The molecule has 0 spiro atoms. The zero-order valence-electron chi connectivity index (χ0n) is 18.9. The first-order chi connectivity index (χ1) is 14.4. The van der Waals surface area contributed by atoms with Crippen LogP contribution in [0.15, 0.2) is 24.3 Å². The lowest BCUT2D eigenvalue weighted by atomic mass is 9.94. The molecule has 0 aromatic heterocycles. The monoisotopic (exact) mass is 443 g/mol. The van der Waals surface area contributed by atoms with Crippen LogP contribution < -0.4 is 10.1 Å². The third kappa shape index (κ3) is 10.8. The summed E-state index contributed by atoms with van der Waals surface area (Å²) >= 11 is 0. The van der Waals surface area contributed by atoms with Gasteiger partial charge in [-0.1, -0.05) is 12.1 Å². The summed E-state index contributed by atoms with van der Waals surface area (Å²) in [6.45, 7) is 6.17. The van der Waals surface area contributed by atoms with E-state index in [-0.39, 0.29) is 18.9 Å². The Balaban J connectivity index is 0.00000282. The van der Waals surface area contributed by atoms with Crippen molar-refractivity contribution in [3.05, 3.63) is 29.8 Å². The maximum atomic E-state index is 11.5. The third-order valence-electron chi connectivity index (χ3n) is 3.65. The lowest BCUT2D eigenvalue weighted by Crippen LogP contribution is -2.50. The van der Waals surface area contributed by atoms with Gasteiger partial charge >= 0.3 is 17.9 Å². The van der Waals surface area contributed by atoms with Crippen molar-refractivity contribution in [1.82, 2.24) is 5.32 Å². The summed E-state index contributed by atoms with van der Waals surface area (Å²) in [5, 5.41) is 21.3. The number of carbonyl (C=O) groups excluding carboxylic acids is 1. The minimum Gasteiger partial charge on any atom is -0.492 e. The van der Waals surface area contributed by atoms with E-state index in [1.807, 2.05) is 0 Å². The summed E-state index contributed by atoms with van der Waals surface area (Å²) in [7, 11) is 4.30. The van der Waals surface area contributed by atoms with Crippen LogP contribution in [0.5, 0.6) is 5.75 Å². The number of methoxy groups -OCH3 is 2. The number of carboxylic acids is 2. The second kappa shape index (κ2) is 13.6. The number of ether oxygens (including phenoxy) is 4. The average molecular weight is 443 g/mol. The molecule has 0 saturated carbocycles. The van der Waals surface area contributed by atoms with Crippen LogP contribution in [0, 0.1) is 0 Å². The summed E-state index contributed by atoms with van der Waals surface area (Å²) in [5.74, 6) is -2.97. The second-order valence-corrected chi connectivity index (χ2v) is 7.48. The summed E-state index contributed by atoms with van der Waals surface area (Å²) in [6.07, 6.45) is -0.327. The van der Waals surface area contributed by atoms with Crippen molar-refractivity contribution in [3.63, 3.8) is 0 Å². The van der Waals surface area contributed by atoms with Crippen LogP contribution in [0.1, 0.15) is 26.3 Å². The number of rotatable bonds is 11. The molecule has 0 saturated heterocycles. The number of carbonyl (C=O) groups is 3. The predicted octanol–water partition coefficient (Wildman–Crippen LogP) is 1.36. The van der Waals surface area contributed by atoms with Gasteiger partial charge in [0, 0.05) is 34.3 Å². The molecule has 0 atom stereocenters. The molecule has 1 aromatic rings. The van der Waals surface area contributed by atoms with Crippen LogP contribution in [-0.2, 0) is 35.0 Å². The van der Waals surface area contributed by atoms with Crippen molar-refractivity contribution in [3.8, 4) is 5.75 Å². The van der Waals surface area contributed by atoms with Crippen LogP contribution in [0.2, 0.25) is 0 Å². The number of hydrogen-bond donors (Lipinski definition) is 3. The number of nitrogens with one attached hydrogen (secondary N) is 1. The molecule has 0 radical (unpaired) electrons. The van der Waals surface area contributed by atoms with Crippen molar-refractivity contribution >= 4 is 17.9 Å². The molecule has 10 nitrogen and oxygen atoms in total. The summed E-state index contributed by atoms with van der Waals surface area (Å²) in [5.41, 5.74) is -2.39. The fourth-order valence-electron chi connectivity index (χ4n) is 2.29. The molecule has 31 heavy (non-hydrogen) atoms. The van der Waals surface area contributed by atoms with Crippen molar-refractivity contribution < 1.29 is 43.5 Å². The van der Waals surface area contributed by atoms with E-state index in [1.165, 1.54) is 0 Å². The Labute approximate surface area is 182 Å². The van der Waals surface area contributed by atoms with E-state index in [0.717, 1.165) is 7.11 Å². The number of carboxylic acid groups (broad SMARTS) is 2. The van der Waals surface area contributed by atoms with Crippen LogP contribution in [0.4, 0.5) is 0 Å². The Bertz CT molecular complexity index is 682. The molecule has 0 aliphatic rings. The smallest absolute Gasteiger partial charge is 0.348 e. The van der Waals surface area contributed by atoms with Crippen LogP contribution in [-0.4, -0.2) is 80.3 Å². The number of esters is 1. The number of hydrogen-bond acceptors (Lipinski definition) is 8. The predicted molar refractivity (Wildman–Crippen MR) is 112 cm³/mol. The highest BCUT2D eigenvalue weighted by Gasteiger charge is 2.47. The first kappa shape index (κ1) is 28.3. The Morgan fingerprint density at radius 2 is 1.48 bits per heavy atom. The highest BCUT2D eigenvalue weighted by molar-refractivity contribution is 6.02. The van der Waals surface area contributed by atoms with Crippen molar-refractivity contribution in [2.24, 2.45) is 0 Å². The van der Waals surface area contributed by atoms with E-state index in [9.17, 15) is 24.6 Å². The third-order valence-corrected chi connectivity index (χ3v) is 3.65. The zero-order chi connectivity index (χ0) is 24.1. The summed E-state index contributed by atoms with van der Waals surface area (Å²) in [4.78, 5) is 34.2. The maximum absolute atomic E-state index is 11.5. The molecule has 0 fully saturated rings. The molecule has 1 rings (SSSR count). The van der Waals surface area contributed by atoms with Gasteiger partial charge in [0.2, 0.25) is 0 Å². The second-order valence-electron chi connectivity index (χ2n) is 7.48. The van der Waals surface area contributed by atoms with Gasteiger partial charge in [0.15, 0.2) is 0 Å². The van der Waals surface area contributed by atoms with Crippen molar-refractivity contribution in [1.29, 1.82) is 0 Å². The van der Waals surface area contributed by atoms with Gasteiger partial charge in [-0.3, -0.25) is 4.79 Å². The molecule has 10 heteroatoms. The normalized spacial score (nSPS) is 11.2.